The lowest BCUT2D eigenvalue weighted by molar-refractivity contribution is -0.155. The summed E-state index contributed by atoms with van der Waals surface area (Å²) in [7, 11) is 0. The quantitative estimate of drug-likeness (QED) is 0.336. The third-order valence-corrected chi connectivity index (χ3v) is 8.07. The van der Waals surface area contributed by atoms with Crippen LogP contribution >= 0.6 is 22.9 Å². The van der Waals surface area contributed by atoms with Crippen LogP contribution in [0.2, 0.25) is 0 Å². The molecule has 0 unspecified atom stereocenters. The predicted molar refractivity (Wildman–Crippen MR) is 129 cm³/mol. The number of rotatable bonds is 2. The highest BCUT2D eigenvalue weighted by molar-refractivity contribution is 7.09. The Morgan fingerprint density at radius 3 is 2.63 bits per heavy atom. The number of aliphatic hydroxyl groups is 2. The maximum atomic E-state index is 15.2. The number of Topliss-reactive ketones (excluding diaryl/α,β-unsaturated/α-hetero) is 1. The van der Waals surface area contributed by atoms with Gasteiger partial charge >= 0.3 is 5.97 Å². The molecule has 0 aliphatic carbocycles. The van der Waals surface area contributed by atoms with E-state index in [9.17, 15) is 19.8 Å². The Morgan fingerprint density at radius 1 is 1.31 bits per heavy atom. The molecule has 35 heavy (non-hydrogen) atoms. The third-order valence-electron chi connectivity index (χ3n) is 6.75. The van der Waals surface area contributed by atoms with E-state index in [-0.39, 0.29) is 19.4 Å². The standard InChI is InChI=1S/C24H33ClFNO7S/c1-12-21(30)13(2)32-7-6-24(25)19(34-24)9-17(16(26)8-15-11-35-14(3)27-15)33-20(29)10-18(28)23(4,5)22(12)31/h8,11-13,17-19,21,28,30H,6-7,9-10H2,1-5H3/t12-,13+,17+,18+,19-,21+,24+/m1/s1. The van der Waals surface area contributed by atoms with Gasteiger partial charge in [0, 0.05) is 24.1 Å². The van der Waals surface area contributed by atoms with E-state index in [1.165, 1.54) is 31.3 Å². The van der Waals surface area contributed by atoms with Crippen LogP contribution < -0.4 is 0 Å². The normalized spacial score (nSPS) is 37.5. The SMILES string of the molecule is Cc1nc(C=C(F)[C@@H]2C[C@H]3O[C@@]3(Cl)CCO[C@@H](C)[C@@H](O)[C@@H](C)C(=O)C(C)(C)[C@@H](O)CC(=O)O2)cs1. The summed E-state index contributed by atoms with van der Waals surface area (Å²) < 4.78 is 31.9. The molecule has 196 valence electrons. The lowest BCUT2D eigenvalue weighted by Crippen LogP contribution is -2.47. The Morgan fingerprint density at radius 2 is 2.00 bits per heavy atom. The van der Waals surface area contributed by atoms with Crippen molar-refractivity contribution in [2.45, 2.75) is 89.5 Å². The summed E-state index contributed by atoms with van der Waals surface area (Å²) in [5, 5.41) is 22.7. The number of ketones is 1. The van der Waals surface area contributed by atoms with E-state index in [4.69, 9.17) is 25.8 Å². The van der Waals surface area contributed by atoms with E-state index < -0.39 is 70.9 Å². The van der Waals surface area contributed by atoms with E-state index in [2.05, 4.69) is 4.98 Å². The number of halogens is 2. The minimum atomic E-state index is -1.42. The molecule has 0 saturated carbocycles. The highest BCUT2D eigenvalue weighted by atomic mass is 35.5. The van der Waals surface area contributed by atoms with E-state index in [0.29, 0.717) is 5.69 Å². The Labute approximate surface area is 213 Å². The van der Waals surface area contributed by atoms with Crippen LogP contribution in [0.25, 0.3) is 6.08 Å². The summed E-state index contributed by atoms with van der Waals surface area (Å²) >= 11 is 7.85. The van der Waals surface area contributed by atoms with Crippen molar-refractivity contribution in [1.29, 1.82) is 0 Å². The number of cyclic esters (lactones) is 1. The topological polar surface area (TPSA) is 118 Å². The van der Waals surface area contributed by atoms with Gasteiger partial charge in [0.25, 0.3) is 0 Å². The fraction of sp³-hybridized carbons (Fsp3) is 0.708. The molecule has 0 spiro atoms. The number of aromatic nitrogens is 1. The van der Waals surface area contributed by atoms with Crippen LogP contribution in [-0.4, -0.2) is 69.1 Å². The number of esters is 1. The minimum Gasteiger partial charge on any atom is -0.455 e. The van der Waals surface area contributed by atoms with Crippen molar-refractivity contribution in [2.75, 3.05) is 6.61 Å². The number of nitrogens with zero attached hydrogens (tertiary/aromatic N) is 1. The van der Waals surface area contributed by atoms with Gasteiger partial charge in [-0.15, -0.1) is 11.3 Å². The third kappa shape index (κ3) is 6.67. The van der Waals surface area contributed by atoms with E-state index >= 15 is 4.39 Å². The zero-order chi connectivity index (χ0) is 26.1. The molecule has 7 atom stereocenters. The van der Waals surface area contributed by atoms with Crippen molar-refractivity contribution in [2.24, 2.45) is 11.3 Å². The van der Waals surface area contributed by atoms with Crippen LogP contribution in [0, 0.1) is 18.3 Å². The average molecular weight is 534 g/mol. The molecule has 1 aromatic heterocycles. The van der Waals surface area contributed by atoms with Gasteiger partial charge in [-0.3, -0.25) is 9.59 Å². The molecular formula is C24H33ClFNO7S. The van der Waals surface area contributed by atoms with Crippen molar-refractivity contribution in [1.82, 2.24) is 4.98 Å². The first-order valence-corrected chi connectivity index (χ1v) is 12.9. The molecule has 2 saturated heterocycles. The van der Waals surface area contributed by atoms with E-state index in [1.54, 1.807) is 26.2 Å². The number of aliphatic hydroxyl groups excluding tert-OH is 2. The van der Waals surface area contributed by atoms with Gasteiger partial charge in [0.15, 0.2) is 11.2 Å². The molecule has 2 aliphatic heterocycles. The highest BCUT2D eigenvalue weighted by Gasteiger charge is 2.56. The largest absolute Gasteiger partial charge is 0.455 e. The number of hydrogen-bond donors (Lipinski definition) is 2. The lowest BCUT2D eigenvalue weighted by Gasteiger charge is -2.34. The number of hydrogen-bond acceptors (Lipinski definition) is 9. The molecule has 8 nitrogen and oxygen atoms in total. The second kappa shape index (κ2) is 10.9. The van der Waals surface area contributed by atoms with E-state index in [1.807, 2.05) is 0 Å². The van der Waals surface area contributed by atoms with Gasteiger partial charge in [0.05, 0.1) is 47.5 Å². The van der Waals surface area contributed by atoms with Crippen LogP contribution in [0.4, 0.5) is 4.39 Å². The molecule has 3 heterocycles. The fourth-order valence-electron chi connectivity index (χ4n) is 4.15. The summed E-state index contributed by atoms with van der Waals surface area (Å²) in [6.45, 7) is 8.09. The Hall–Kier alpha value is -1.43. The molecule has 2 N–H and O–H groups in total. The van der Waals surface area contributed by atoms with Crippen molar-refractivity contribution in [3.05, 3.63) is 21.9 Å². The number of carbonyl (C=O) groups excluding carboxylic acids is 2. The van der Waals surface area contributed by atoms with Crippen LogP contribution in [0.15, 0.2) is 11.2 Å². The first kappa shape index (κ1) is 28.1. The van der Waals surface area contributed by atoms with Crippen molar-refractivity contribution in [3.8, 4) is 0 Å². The van der Waals surface area contributed by atoms with Crippen LogP contribution in [-0.2, 0) is 23.8 Å². The maximum Gasteiger partial charge on any atom is 0.309 e. The summed E-state index contributed by atoms with van der Waals surface area (Å²) in [6, 6.07) is 0. The maximum absolute atomic E-state index is 15.2. The molecule has 1 aromatic rings. The summed E-state index contributed by atoms with van der Waals surface area (Å²) in [5.74, 6) is -2.91. The monoisotopic (exact) mass is 533 g/mol. The number of fused-ring (bicyclic) bond motifs is 1. The number of aryl methyl sites for hydroxylation is 1. The van der Waals surface area contributed by atoms with Crippen LogP contribution in [0.3, 0.4) is 0 Å². The smallest absolute Gasteiger partial charge is 0.309 e. The highest BCUT2D eigenvalue weighted by Crippen LogP contribution is 2.47. The first-order valence-electron chi connectivity index (χ1n) is 11.6. The predicted octanol–water partition coefficient (Wildman–Crippen LogP) is 3.55. The van der Waals surface area contributed by atoms with Gasteiger partial charge < -0.3 is 24.4 Å². The van der Waals surface area contributed by atoms with Crippen LogP contribution in [0.5, 0.6) is 0 Å². The molecule has 3 rings (SSSR count). The van der Waals surface area contributed by atoms with Gasteiger partial charge in [-0.2, -0.15) is 0 Å². The Kier molecular flexibility index (Phi) is 8.77. The number of thiazole rings is 1. The Balaban J connectivity index is 1.85. The number of carbonyl (C=O) groups is 2. The van der Waals surface area contributed by atoms with Gasteiger partial charge in [-0.05, 0) is 19.9 Å². The average Bonchev–Trinajstić information content (AvgIpc) is 3.22. The Bertz CT molecular complexity index is 969. The minimum absolute atomic E-state index is 0.0473. The lowest BCUT2D eigenvalue weighted by atomic mass is 9.74. The van der Waals surface area contributed by atoms with Crippen molar-refractivity contribution < 1.29 is 38.4 Å². The summed E-state index contributed by atoms with van der Waals surface area (Å²) in [4.78, 5) is 30.0. The first-order chi connectivity index (χ1) is 16.2. The number of alkyl halides is 1. The zero-order valence-corrected chi connectivity index (χ0v) is 22.1. The van der Waals surface area contributed by atoms with Gasteiger partial charge in [-0.25, -0.2) is 9.37 Å². The molecule has 0 amide bonds. The molecule has 2 aliphatic rings. The number of epoxide rings is 1. The molecule has 0 bridgehead atoms. The van der Waals surface area contributed by atoms with Crippen molar-refractivity contribution in [3.63, 3.8) is 0 Å². The second-order valence-corrected chi connectivity index (χ2v) is 11.5. The van der Waals surface area contributed by atoms with E-state index in [0.717, 1.165) is 5.01 Å². The molecule has 2 fully saturated rings. The second-order valence-electron chi connectivity index (χ2n) is 9.84. The van der Waals surface area contributed by atoms with Gasteiger partial charge in [0.2, 0.25) is 0 Å². The molecule has 0 aromatic carbocycles. The molecular weight excluding hydrogens is 501 g/mol. The zero-order valence-electron chi connectivity index (χ0n) is 20.5. The van der Waals surface area contributed by atoms with Gasteiger partial charge in [-0.1, -0.05) is 32.4 Å². The number of ether oxygens (including phenoxy) is 3. The van der Waals surface area contributed by atoms with Crippen molar-refractivity contribution >= 4 is 40.8 Å². The molecule has 0 radical (unpaired) electrons. The van der Waals surface area contributed by atoms with Gasteiger partial charge in [0.1, 0.15) is 17.7 Å². The summed E-state index contributed by atoms with van der Waals surface area (Å²) in [6.07, 6.45) is -4.29. The van der Waals surface area contributed by atoms with Crippen LogP contribution in [0.1, 0.15) is 57.7 Å². The molecule has 11 heteroatoms. The summed E-state index contributed by atoms with van der Waals surface area (Å²) in [5.41, 5.74) is -0.980. The fourth-order valence-corrected chi connectivity index (χ4v) is 5.00.